The van der Waals surface area contributed by atoms with Crippen molar-refractivity contribution in [3.05, 3.63) is 53.7 Å². The van der Waals surface area contributed by atoms with Crippen LogP contribution in [0.1, 0.15) is 25.0 Å². The normalized spacial score (nSPS) is 21.0. The van der Waals surface area contributed by atoms with Crippen LogP contribution < -0.4 is 10.2 Å². The number of anilines is 1. The molecule has 0 saturated carbocycles. The number of phenolic OH excluding ortho intramolecular Hbond substituents is 1. The highest BCUT2D eigenvalue weighted by Gasteiger charge is 2.22. The quantitative estimate of drug-likeness (QED) is 0.884. The molecule has 2 N–H and O–H groups in total. The van der Waals surface area contributed by atoms with E-state index in [2.05, 4.69) is 41.2 Å². The van der Waals surface area contributed by atoms with Crippen molar-refractivity contribution in [3.8, 4) is 5.75 Å². The molecule has 0 bridgehead atoms. The predicted molar refractivity (Wildman–Crippen MR) is 95.1 cm³/mol. The Balaban J connectivity index is 1.53. The van der Waals surface area contributed by atoms with E-state index < -0.39 is 0 Å². The Labute approximate surface area is 143 Å². The van der Waals surface area contributed by atoms with Crippen molar-refractivity contribution in [2.75, 3.05) is 18.0 Å². The van der Waals surface area contributed by atoms with Gasteiger partial charge in [0, 0.05) is 32.4 Å². The topological polar surface area (TPSA) is 57.6 Å². The van der Waals surface area contributed by atoms with Gasteiger partial charge in [-0.2, -0.15) is 0 Å². The summed E-state index contributed by atoms with van der Waals surface area (Å²) in [5.74, 6) is 1.31. The average molecular weight is 327 g/mol. The maximum absolute atomic E-state index is 9.47. The lowest BCUT2D eigenvalue weighted by Gasteiger charge is -2.36. The molecule has 0 aliphatic carbocycles. The summed E-state index contributed by atoms with van der Waals surface area (Å²) >= 11 is 0. The zero-order chi connectivity index (χ0) is 16.9. The fourth-order valence-corrected chi connectivity index (χ4v) is 3.09. The molecule has 2 aromatic rings. The van der Waals surface area contributed by atoms with Crippen molar-refractivity contribution in [3.63, 3.8) is 0 Å². The Morgan fingerprint density at radius 2 is 1.88 bits per heavy atom. The highest BCUT2D eigenvalue weighted by Crippen LogP contribution is 2.18. The molecule has 128 valence electrons. The zero-order valence-corrected chi connectivity index (χ0v) is 14.3. The van der Waals surface area contributed by atoms with Gasteiger partial charge < -0.3 is 20.1 Å². The van der Waals surface area contributed by atoms with E-state index in [1.165, 1.54) is 0 Å². The number of morpholine rings is 1. The number of phenols is 1. The second-order valence-electron chi connectivity index (χ2n) is 6.46. The van der Waals surface area contributed by atoms with Gasteiger partial charge in [0.15, 0.2) is 0 Å². The van der Waals surface area contributed by atoms with Gasteiger partial charge in [-0.25, -0.2) is 4.98 Å². The maximum Gasteiger partial charge on any atom is 0.128 e. The van der Waals surface area contributed by atoms with Crippen LogP contribution in [0.25, 0.3) is 0 Å². The predicted octanol–water partition coefficient (Wildman–Crippen LogP) is 2.69. The zero-order valence-electron chi connectivity index (χ0n) is 14.3. The SMILES string of the molecule is C[C@@H]1CN(c2ccc(CNCc3cccc(O)c3)cn2)C[C@H](C)O1. The summed E-state index contributed by atoms with van der Waals surface area (Å²) in [5, 5.41) is 12.8. The van der Waals surface area contributed by atoms with Gasteiger partial charge in [-0.3, -0.25) is 0 Å². The van der Waals surface area contributed by atoms with Gasteiger partial charge in [0.25, 0.3) is 0 Å². The number of pyridine rings is 1. The van der Waals surface area contributed by atoms with Crippen LogP contribution in [0.4, 0.5) is 5.82 Å². The first-order chi connectivity index (χ1) is 11.6. The summed E-state index contributed by atoms with van der Waals surface area (Å²) in [6.45, 7) is 7.43. The number of rotatable bonds is 5. The maximum atomic E-state index is 9.47. The highest BCUT2D eigenvalue weighted by molar-refractivity contribution is 5.40. The molecule has 1 fully saturated rings. The number of hydrogen-bond acceptors (Lipinski definition) is 5. The minimum atomic E-state index is 0.235. The van der Waals surface area contributed by atoms with Gasteiger partial charge in [-0.1, -0.05) is 18.2 Å². The van der Waals surface area contributed by atoms with E-state index >= 15 is 0 Å². The van der Waals surface area contributed by atoms with Crippen LogP contribution >= 0.6 is 0 Å². The Hall–Kier alpha value is -2.11. The second kappa shape index (κ2) is 7.64. The largest absolute Gasteiger partial charge is 0.508 e. The van der Waals surface area contributed by atoms with Crippen LogP contribution in [0.2, 0.25) is 0 Å². The molecule has 0 amide bonds. The number of nitrogens with one attached hydrogen (secondary N) is 1. The molecule has 1 aliphatic rings. The minimum Gasteiger partial charge on any atom is -0.508 e. The number of benzene rings is 1. The molecule has 0 spiro atoms. The summed E-state index contributed by atoms with van der Waals surface area (Å²) in [7, 11) is 0. The standard InChI is InChI=1S/C19H25N3O2/c1-14-12-22(13-15(2)24-14)19-7-6-17(11-21-19)10-20-9-16-4-3-5-18(23)8-16/h3-8,11,14-15,20,23H,9-10,12-13H2,1-2H3/t14-,15+. The smallest absolute Gasteiger partial charge is 0.128 e. The molecule has 3 rings (SSSR count). The molecule has 0 radical (unpaired) electrons. The summed E-state index contributed by atoms with van der Waals surface area (Å²) < 4.78 is 5.77. The van der Waals surface area contributed by atoms with E-state index in [9.17, 15) is 5.11 Å². The average Bonchev–Trinajstić information content (AvgIpc) is 2.55. The van der Waals surface area contributed by atoms with Crippen LogP contribution in [0.5, 0.6) is 5.75 Å². The van der Waals surface area contributed by atoms with Gasteiger partial charge in [0.2, 0.25) is 0 Å². The number of ether oxygens (including phenoxy) is 1. The molecule has 2 heterocycles. The van der Waals surface area contributed by atoms with Gasteiger partial charge in [-0.15, -0.1) is 0 Å². The van der Waals surface area contributed by atoms with Crippen molar-refractivity contribution in [1.82, 2.24) is 10.3 Å². The first-order valence-electron chi connectivity index (χ1n) is 8.44. The van der Waals surface area contributed by atoms with E-state index in [0.29, 0.717) is 12.3 Å². The Bertz CT molecular complexity index is 650. The number of aromatic nitrogens is 1. The van der Waals surface area contributed by atoms with Crippen LogP contribution in [0.3, 0.4) is 0 Å². The first kappa shape index (κ1) is 16.7. The fraction of sp³-hybridized carbons (Fsp3) is 0.421. The van der Waals surface area contributed by atoms with E-state index in [0.717, 1.165) is 36.6 Å². The Kier molecular flexibility index (Phi) is 5.33. The fourth-order valence-electron chi connectivity index (χ4n) is 3.09. The first-order valence-corrected chi connectivity index (χ1v) is 8.44. The molecule has 24 heavy (non-hydrogen) atoms. The van der Waals surface area contributed by atoms with Gasteiger partial charge in [0.1, 0.15) is 11.6 Å². The third-order valence-electron chi connectivity index (χ3n) is 4.12. The molecule has 2 atom stereocenters. The van der Waals surface area contributed by atoms with E-state index in [1.54, 1.807) is 12.1 Å². The monoisotopic (exact) mass is 327 g/mol. The summed E-state index contributed by atoms with van der Waals surface area (Å²) in [5.41, 5.74) is 2.21. The lowest BCUT2D eigenvalue weighted by Crippen LogP contribution is -2.45. The van der Waals surface area contributed by atoms with Crippen LogP contribution in [0, 0.1) is 0 Å². The lowest BCUT2D eigenvalue weighted by molar-refractivity contribution is -0.00545. The van der Waals surface area contributed by atoms with Crippen LogP contribution in [-0.2, 0) is 17.8 Å². The minimum absolute atomic E-state index is 0.235. The van der Waals surface area contributed by atoms with Gasteiger partial charge >= 0.3 is 0 Å². The molecule has 5 nitrogen and oxygen atoms in total. The third-order valence-corrected chi connectivity index (χ3v) is 4.12. The molecule has 0 unspecified atom stereocenters. The Morgan fingerprint density at radius 1 is 1.12 bits per heavy atom. The molecule has 1 aromatic carbocycles. The van der Waals surface area contributed by atoms with Gasteiger partial charge in [-0.05, 0) is 43.2 Å². The van der Waals surface area contributed by atoms with Crippen molar-refractivity contribution in [2.24, 2.45) is 0 Å². The number of aromatic hydroxyl groups is 1. The molecule has 1 saturated heterocycles. The van der Waals surface area contributed by atoms with E-state index in [4.69, 9.17) is 4.74 Å². The summed E-state index contributed by atoms with van der Waals surface area (Å²) in [6.07, 6.45) is 2.40. The Morgan fingerprint density at radius 3 is 2.54 bits per heavy atom. The van der Waals surface area contributed by atoms with Crippen molar-refractivity contribution < 1.29 is 9.84 Å². The molecule has 1 aliphatic heterocycles. The van der Waals surface area contributed by atoms with Crippen molar-refractivity contribution >= 4 is 5.82 Å². The van der Waals surface area contributed by atoms with E-state index in [1.807, 2.05) is 18.3 Å². The summed E-state index contributed by atoms with van der Waals surface area (Å²) in [4.78, 5) is 6.88. The van der Waals surface area contributed by atoms with E-state index in [-0.39, 0.29) is 12.2 Å². The molecular formula is C19H25N3O2. The van der Waals surface area contributed by atoms with Crippen LogP contribution in [-0.4, -0.2) is 35.4 Å². The molecule has 5 heteroatoms. The lowest BCUT2D eigenvalue weighted by atomic mass is 10.2. The number of hydrogen-bond donors (Lipinski definition) is 2. The van der Waals surface area contributed by atoms with Crippen molar-refractivity contribution in [2.45, 2.75) is 39.1 Å². The highest BCUT2D eigenvalue weighted by atomic mass is 16.5. The molecular weight excluding hydrogens is 302 g/mol. The molecule has 1 aromatic heterocycles. The van der Waals surface area contributed by atoms with Crippen LogP contribution in [0.15, 0.2) is 42.6 Å². The number of nitrogens with zero attached hydrogens (tertiary/aromatic N) is 2. The second-order valence-corrected chi connectivity index (χ2v) is 6.46. The third kappa shape index (κ3) is 4.46. The summed E-state index contributed by atoms with van der Waals surface area (Å²) in [6, 6.07) is 11.5. The van der Waals surface area contributed by atoms with Crippen molar-refractivity contribution in [1.29, 1.82) is 0 Å². The van der Waals surface area contributed by atoms with Gasteiger partial charge in [0.05, 0.1) is 12.2 Å².